The minimum absolute atomic E-state index is 1.00. The highest BCUT2D eigenvalue weighted by atomic mass is 16.3. The molecular formula is C9H15NO. The Balaban J connectivity index is 2.41. The first-order valence-corrected chi connectivity index (χ1v) is 4.10. The van der Waals surface area contributed by atoms with Crippen molar-refractivity contribution in [3.8, 4) is 0 Å². The fraction of sp³-hybridized carbons (Fsp3) is 0.556. The summed E-state index contributed by atoms with van der Waals surface area (Å²) in [6.45, 7) is 7.54. The van der Waals surface area contributed by atoms with Crippen LogP contribution in [-0.4, -0.2) is 18.0 Å². The molecule has 0 radical (unpaired) electrons. The lowest BCUT2D eigenvalue weighted by Crippen LogP contribution is -2.21. The highest BCUT2D eigenvalue weighted by molar-refractivity contribution is 5.04. The number of hydrogen-bond donors (Lipinski definition) is 0. The van der Waals surface area contributed by atoms with E-state index >= 15 is 0 Å². The molecule has 0 aromatic carbocycles. The summed E-state index contributed by atoms with van der Waals surface area (Å²) >= 11 is 0. The lowest BCUT2D eigenvalue weighted by molar-refractivity contribution is 0.295. The lowest BCUT2D eigenvalue weighted by Gasteiger charge is -2.16. The maximum atomic E-state index is 4.98. The molecule has 0 unspecified atom stereocenters. The predicted molar refractivity (Wildman–Crippen MR) is 45.3 cm³/mol. The molecule has 0 aliphatic heterocycles. The van der Waals surface area contributed by atoms with Crippen molar-refractivity contribution in [2.24, 2.45) is 0 Å². The molecule has 0 saturated heterocycles. The van der Waals surface area contributed by atoms with Gasteiger partial charge in [-0.1, -0.05) is 13.8 Å². The Hall–Kier alpha value is -0.760. The molecule has 0 aliphatic rings. The molecule has 11 heavy (non-hydrogen) atoms. The molecule has 0 bridgehead atoms. The summed E-state index contributed by atoms with van der Waals surface area (Å²) in [5.74, 6) is 0. The molecule has 1 aromatic heterocycles. The average Bonchev–Trinajstić information content (AvgIpc) is 2.52. The first-order chi connectivity index (χ1) is 5.36. The highest BCUT2D eigenvalue weighted by Crippen LogP contribution is 2.03. The van der Waals surface area contributed by atoms with Gasteiger partial charge in [-0.3, -0.25) is 4.90 Å². The van der Waals surface area contributed by atoms with Gasteiger partial charge in [0.15, 0.2) is 0 Å². The molecule has 0 N–H and O–H groups in total. The molecule has 0 fully saturated rings. The molecule has 0 spiro atoms. The van der Waals surface area contributed by atoms with E-state index in [-0.39, 0.29) is 0 Å². The molecule has 0 saturated carbocycles. The fourth-order valence-electron chi connectivity index (χ4n) is 1.09. The standard InChI is InChI=1S/C9H15NO/c1-3-10(4-2)7-9-5-6-11-8-9/h5-6,8H,3-4,7H2,1-2H3. The zero-order valence-corrected chi connectivity index (χ0v) is 7.21. The van der Waals surface area contributed by atoms with Crippen molar-refractivity contribution in [3.05, 3.63) is 24.2 Å². The van der Waals surface area contributed by atoms with Crippen LogP contribution in [0.4, 0.5) is 0 Å². The number of nitrogens with zero attached hydrogens (tertiary/aromatic N) is 1. The lowest BCUT2D eigenvalue weighted by atomic mass is 10.3. The maximum absolute atomic E-state index is 4.98. The van der Waals surface area contributed by atoms with Gasteiger partial charge in [0.25, 0.3) is 0 Å². The molecule has 2 nitrogen and oxygen atoms in total. The normalized spacial score (nSPS) is 10.8. The summed E-state index contributed by atoms with van der Waals surface area (Å²) in [4.78, 5) is 2.35. The van der Waals surface area contributed by atoms with Crippen LogP contribution >= 0.6 is 0 Å². The van der Waals surface area contributed by atoms with Crippen LogP contribution in [0.15, 0.2) is 23.0 Å². The first kappa shape index (κ1) is 8.34. The second-order valence-corrected chi connectivity index (χ2v) is 2.59. The number of furan rings is 1. The number of hydrogen-bond acceptors (Lipinski definition) is 2. The van der Waals surface area contributed by atoms with Gasteiger partial charge in [-0.15, -0.1) is 0 Å². The van der Waals surface area contributed by atoms with E-state index in [9.17, 15) is 0 Å². The monoisotopic (exact) mass is 153 g/mol. The van der Waals surface area contributed by atoms with Crippen LogP contribution in [0.25, 0.3) is 0 Å². The van der Waals surface area contributed by atoms with Gasteiger partial charge in [0.05, 0.1) is 12.5 Å². The Morgan fingerprint density at radius 2 is 2.09 bits per heavy atom. The predicted octanol–water partition coefficient (Wildman–Crippen LogP) is 2.12. The van der Waals surface area contributed by atoms with E-state index in [4.69, 9.17) is 4.42 Å². The van der Waals surface area contributed by atoms with E-state index in [0.29, 0.717) is 0 Å². The van der Waals surface area contributed by atoms with E-state index in [1.165, 1.54) is 5.56 Å². The molecule has 0 amide bonds. The van der Waals surface area contributed by atoms with Crippen molar-refractivity contribution in [3.63, 3.8) is 0 Å². The van der Waals surface area contributed by atoms with Gasteiger partial charge in [-0.25, -0.2) is 0 Å². The van der Waals surface area contributed by atoms with Crippen LogP contribution in [0.2, 0.25) is 0 Å². The van der Waals surface area contributed by atoms with Crippen LogP contribution in [-0.2, 0) is 6.54 Å². The molecule has 1 rings (SSSR count). The maximum Gasteiger partial charge on any atom is 0.0947 e. The van der Waals surface area contributed by atoms with E-state index in [2.05, 4.69) is 18.7 Å². The Morgan fingerprint density at radius 1 is 1.36 bits per heavy atom. The molecule has 2 heteroatoms. The average molecular weight is 153 g/mol. The van der Waals surface area contributed by atoms with Gasteiger partial charge in [0.2, 0.25) is 0 Å². The smallest absolute Gasteiger partial charge is 0.0947 e. The molecule has 0 atom stereocenters. The molecule has 62 valence electrons. The summed E-state index contributed by atoms with van der Waals surface area (Å²) in [5.41, 5.74) is 1.26. The molecule has 1 heterocycles. The minimum Gasteiger partial charge on any atom is -0.472 e. The molecular weight excluding hydrogens is 138 g/mol. The topological polar surface area (TPSA) is 16.4 Å². The Labute approximate surface area is 67.8 Å². The van der Waals surface area contributed by atoms with E-state index in [0.717, 1.165) is 19.6 Å². The van der Waals surface area contributed by atoms with Gasteiger partial charge in [0.1, 0.15) is 0 Å². The van der Waals surface area contributed by atoms with E-state index < -0.39 is 0 Å². The van der Waals surface area contributed by atoms with Gasteiger partial charge in [-0.05, 0) is 19.2 Å². The van der Waals surface area contributed by atoms with Crippen molar-refractivity contribution < 1.29 is 4.42 Å². The zero-order chi connectivity index (χ0) is 8.10. The second-order valence-electron chi connectivity index (χ2n) is 2.59. The van der Waals surface area contributed by atoms with Crippen molar-refractivity contribution in [1.82, 2.24) is 4.90 Å². The van der Waals surface area contributed by atoms with Gasteiger partial charge in [-0.2, -0.15) is 0 Å². The third-order valence-corrected chi connectivity index (χ3v) is 1.88. The first-order valence-electron chi connectivity index (χ1n) is 4.10. The van der Waals surface area contributed by atoms with Crippen LogP contribution in [0, 0.1) is 0 Å². The van der Waals surface area contributed by atoms with Crippen molar-refractivity contribution in [1.29, 1.82) is 0 Å². The number of rotatable bonds is 4. The summed E-state index contributed by atoms with van der Waals surface area (Å²) < 4.78 is 4.98. The Bertz CT molecular complexity index is 177. The fourth-order valence-corrected chi connectivity index (χ4v) is 1.09. The largest absolute Gasteiger partial charge is 0.472 e. The minimum atomic E-state index is 1.00. The Kier molecular flexibility index (Phi) is 3.17. The van der Waals surface area contributed by atoms with Crippen LogP contribution in [0.5, 0.6) is 0 Å². The van der Waals surface area contributed by atoms with Crippen LogP contribution in [0.1, 0.15) is 19.4 Å². The van der Waals surface area contributed by atoms with E-state index in [1.54, 1.807) is 12.5 Å². The van der Waals surface area contributed by atoms with Gasteiger partial charge < -0.3 is 4.42 Å². The van der Waals surface area contributed by atoms with Crippen molar-refractivity contribution >= 4 is 0 Å². The summed E-state index contributed by atoms with van der Waals surface area (Å²) in [5, 5.41) is 0. The summed E-state index contributed by atoms with van der Waals surface area (Å²) in [6, 6.07) is 2.01. The zero-order valence-electron chi connectivity index (χ0n) is 7.21. The third kappa shape index (κ3) is 2.39. The summed E-state index contributed by atoms with van der Waals surface area (Å²) in [7, 11) is 0. The van der Waals surface area contributed by atoms with Gasteiger partial charge in [0, 0.05) is 12.1 Å². The summed E-state index contributed by atoms with van der Waals surface area (Å²) in [6.07, 6.45) is 3.52. The van der Waals surface area contributed by atoms with Crippen LogP contribution in [0.3, 0.4) is 0 Å². The highest BCUT2D eigenvalue weighted by Gasteiger charge is 2.00. The second kappa shape index (κ2) is 4.19. The quantitative estimate of drug-likeness (QED) is 0.658. The third-order valence-electron chi connectivity index (χ3n) is 1.88. The van der Waals surface area contributed by atoms with Crippen molar-refractivity contribution in [2.45, 2.75) is 20.4 Å². The van der Waals surface area contributed by atoms with Crippen molar-refractivity contribution in [2.75, 3.05) is 13.1 Å². The SMILES string of the molecule is CCN(CC)Cc1ccoc1. The van der Waals surface area contributed by atoms with E-state index in [1.807, 2.05) is 6.07 Å². The molecule has 0 aliphatic carbocycles. The molecule has 1 aromatic rings. The van der Waals surface area contributed by atoms with Gasteiger partial charge >= 0.3 is 0 Å². The Morgan fingerprint density at radius 3 is 2.55 bits per heavy atom. The van der Waals surface area contributed by atoms with Crippen LogP contribution < -0.4 is 0 Å².